The van der Waals surface area contributed by atoms with E-state index >= 15 is 0 Å². The van der Waals surface area contributed by atoms with Crippen LogP contribution in [0.1, 0.15) is 12.0 Å². The van der Waals surface area contributed by atoms with Gasteiger partial charge in [-0.2, -0.15) is 0 Å². The average molecular weight is 233 g/mol. The summed E-state index contributed by atoms with van der Waals surface area (Å²) in [6.07, 6.45) is 2.88. The zero-order chi connectivity index (χ0) is 12.3. The van der Waals surface area contributed by atoms with Crippen LogP contribution in [-0.2, 0) is 0 Å². The predicted octanol–water partition coefficient (Wildman–Crippen LogP) is 0.508. The Bertz CT molecular complexity index is 404. The number of nitrogen functional groups attached to an aromatic ring is 1. The van der Waals surface area contributed by atoms with Crippen LogP contribution < -0.4 is 10.6 Å². The number of nitrogens with zero attached hydrogens (tertiary/aromatic N) is 3. The summed E-state index contributed by atoms with van der Waals surface area (Å²) in [5.74, 6) is 0.931. The number of hydrogen-bond donors (Lipinski definition) is 2. The molecular weight excluding hydrogens is 214 g/mol. The number of amidine groups is 1. The number of rotatable bonds is 2. The average Bonchev–Trinajstić information content (AvgIpc) is 2.54. The highest BCUT2D eigenvalue weighted by molar-refractivity contribution is 5.99. The Morgan fingerprint density at radius 2 is 2.18 bits per heavy atom. The van der Waals surface area contributed by atoms with Crippen molar-refractivity contribution in [3.05, 3.63) is 23.9 Å². The maximum absolute atomic E-state index is 7.59. The van der Waals surface area contributed by atoms with E-state index < -0.39 is 0 Å². The van der Waals surface area contributed by atoms with E-state index in [0.29, 0.717) is 0 Å². The third kappa shape index (κ3) is 2.74. The summed E-state index contributed by atoms with van der Waals surface area (Å²) in [5, 5.41) is 7.59. The molecule has 0 aliphatic carbocycles. The molecule has 0 atom stereocenters. The number of anilines is 1. The minimum atomic E-state index is 0.0886. The Hall–Kier alpha value is -1.62. The van der Waals surface area contributed by atoms with Gasteiger partial charge in [0.1, 0.15) is 11.7 Å². The van der Waals surface area contributed by atoms with Crippen molar-refractivity contribution < 1.29 is 0 Å². The molecule has 0 spiro atoms. The molecule has 2 heterocycles. The first-order valence-corrected chi connectivity index (χ1v) is 5.91. The summed E-state index contributed by atoms with van der Waals surface area (Å²) in [7, 11) is 2.13. The van der Waals surface area contributed by atoms with Crippen LogP contribution in [0.25, 0.3) is 0 Å². The highest BCUT2D eigenvalue weighted by atomic mass is 15.2. The quantitative estimate of drug-likeness (QED) is 0.577. The number of nitrogens with two attached hydrogens (primary N) is 1. The first kappa shape index (κ1) is 11.9. The molecule has 0 radical (unpaired) electrons. The van der Waals surface area contributed by atoms with Gasteiger partial charge in [-0.05, 0) is 32.1 Å². The summed E-state index contributed by atoms with van der Waals surface area (Å²) < 4.78 is 0. The molecule has 0 saturated carbocycles. The van der Waals surface area contributed by atoms with Gasteiger partial charge in [0.2, 0.25) is 0 Å². The number of likely N-dealkylation sites (N-methyl/N-ethyl adjacent to an activating group) is 1. The zero-order valence-corrected chi connectivity index (χ0v) is 10.2. The minimum Gasteiger partial charge on any atom is -0.384 e. The van der Waals surface area contributed by atoms with Crippen LogP contribution >= 0.6 is 0 Å². The van der Waals surface area contributed by atoms with Crippen LogP contribution in [0.4, 0.5) is 5.82 Å². The van der Waals surface area contributed by atoms with Crippen molar-refractivity contribution >= 4 is 11.7 Å². The van der Waals surface area contributed by atoms with Crippen LogP contribution in [0.5, 0.6) is 0 Å². The van der Waals surface area contributed by atoms with E-state index in [0.717, 1.165) is 44.0 Å². The maximum Gasteiger partial charge on any atom is 0.139 e. The van der Waals surface area contributed by atoms with E-state index in [9.17, 15) is 0 Å². The maximum atomic E-state index is 7.59. The lowest BCUT2D eigenvalue weighted by Gasteiger charge is -2.23. The molecule has 3 N–H and O–H groups in total. The van der Waals surface area contributed by atoms with Gasteiger partial charge in [0.05, 0.1) is 5.56 Å². The van der Waals surface area contributed by atoms with Crippen molar-refractivity contribution in [1.82, 2.24) is 9.88 Å². The van der Waals surface area contributed by atoms with Gasteiger partial charge in [0.15, 0.2) is 0 Å². The SMILES string of the molecule is CN1CCCN(c2ncccc2C(=N)N)CC1. The van der Waals surface area contributed by atoms with E-state index in [1.165, 1.54) is 0 Å². The van der Waals surface area contributed by atoms with Crippen LogP contribution in [0.15, 0.2) is 18.3 Å². The molecule has 5 heteroatoms. The second-order valence-corrected chi connectivity index (χ2v) is 4.43. The first-order chi connectivity index (χ1) is 8.18. The van der Waals surface area contributed by atoms with Gasteiger partial charge >= 0.3 is 0 Å². The number of pyridine rings is 1. The van der Waals surface area contributed by atoms with Crippen LogP contribution in [0.3, 0.4) is 0 Å². The second-order valence-electron chi connectivity index (χ2n) is 4.43. The number of nitrogens with one attached hydrogen (secondary N) is 1. The molecule has 92 valence electrons. The van der Waals surface area contributed by atoms with Crippen molar-refractivity contribution in [3.63, 3.8) is 0 Å². The lowest BCUT2D eigenvalue weighted by Crippen LogP contribution is -2.31. The first-order valence-electron chi connectivity index (χ1n) is 5.91. The Kier molecular flexibility index (Phi) is 3.58. The van der Waals surface area contributed by atoms with E-state index in [4.69, 9.17) is 11.1 Å². The number of aromatic nitrogens is 1. The Balaban J connectivity index is 2.24. The lowest BCUT2D eigenvalue weighted by atomic mass is 10.2. The Labute approximate surface area is 102 Å². The molecule has 1 saturated heterocycles. The third-order valence-corrected chi connectivity index (χ3v) is 3.10. The summed E-state index contributed by atoms with van der Waals surface area (Å²) in [6, 6.07) is 3.68. The van der Waals surface area contributed by atoms with Crippen molar-refractivity contribution in [2.24, 2.45) is 5.73 Å². The Morgan fingerprint density at radius 1 is 1.35 bits per heavy atom. The van der Waals surface area contributed by atoms with Crippen molar-refractivity contribution in [3.8, 4) is 0 Å². The van der Waals surface area contributed by atoms with Crippen LogP contribution in [0, 0.1) is 5.41 Å². The molecular formula is C12H19N5. The van der Waals surface area contributed by atoms with E-state index in [1.807, 2.05) is 12.1 Å². The highest BCUT2D eigenvalue weighted by Crippen LogP contribution is 2.18. The highest BCUT2D eigenvalue weighted by Gasteiger charge is 2.17. The molecule has 1 fully saturated rings. The van der Waals surface area contributed by atoms with Gasteiger partial charge in [-0.3, -0.25) is 5.41 Å². The summed E-state index contributed by atoms with van der Waals surface area (Å²) in [4.78, 5) is 8.92. The smallest absolute Gasteiger partial charge is 0.139 e. The molecule has 1 aliphatic rings. The molecule has 1 aliphatic heterocycles. The molecule has 0 bridgehead atoms. The van der Waals surface area contributed by atoms with Gasteiger partial charge in [0.25, 0.3) is 0 Å². The third-order valence-electron chi connectivity index (χ3n) is 3.10. The predicted molar refractivity (Wildman–Crippen MR) is 69.6 cm³/mol. The molecule has 1 aromatic heterocycles. The molecule has 2 rings (SSSR count). The van der Waals surface area contributed by atoms with Gasteiger partial charge in [-0.15, -0.1) is 0 Å². The normalized spacial score (nSPS) is 17.8. The molecule has 5 nitrogen and oxygen atoms in total. The molecule has 0 unspecified atom stereocenters. The molecule has 0 amide bonds. The van der Waals surface area contributed by atoms with Crippen molar-refractivity contribution in [1.29, 1.82) is 5.41 Å². The Morgan fingerprint density at radius 3 is 2.94 bits per heavy atom. The van der Waals surface area contributed by atoms with Crippen molar-refractivity contribution in [2.75, 3.05) is 38.1 Å². The fourth-order valence-corrected chi connectivity index (χ4v) is 2.12. The van der Waals surface area contributed by atoms with E-state index in [2.05, 4.69) is 21.8 Å². The molecule has 1 aromatic rings. The topological polar surface area (TPSA) is 69.2 Å². The zero-order valence-electron chi connectivity index (χ0n) is 10.2. The fraction of sp³-hybridized carbons (Fsp3) is 0.500. The standard InChI is InChI=1S/C12H19N5/c1-16-6-3-7-17(9-8-16)12-10(11(13)14)4-2-5-15-12/h2,4-5H,3,6-9H2,1H3,(H3,13,14). The summed E-state index contributed by atoms with van der Waals surface area (Å²) in [5.41, 5.74) is 6.33. The van der Waals surface area contributed by atoms with E-state index in [-0.39, 0.29) is 5.84 Å². The van der Waals surface area contributed by atoms with Gasteiger partial charge in [-0.25, -0.2) is 4.98 Å². The minimum absolute atomic E-state index is 0.0886. The monoisotopic (exact) mass is 233 g/mol. The van der Waals surface area contributed by atoms with Gasteiger partial charge in [0, 0.05) is 25.8 Å². The van der Waals surface area contributed by atoms with E-state index in [1.54, 1.807) is 6.20 Å². The fourth-order valence-electron chi connectivity index (χ4n) is 2.12. The lowest BCUT2D eigenvalue weighted by molar-refractivity contribution is 0.360. The molecule has 0 aromatic carbocycles. The van der Waals surface area contributed by atoms with Crippen LogP contribution in [-0.4, -0.2) is 48.9 Å². The number of hydrogen-bond acceptors (Lipinski definition) is 4. The summed E-state index contributed by atoms with van der Waals surface area (Å²) >= 11 is 0. The van der Waals surface area contributed by atoms with Crippen molar-refractivity contribution in [2.45, 2.75) is 6.42 Å². The summed E-state index contributed by atoms with van der Waals surface area (Å²) in [6.45, 7) is 4.04. The van der Waals surface area contributed by atoms with Crippen LogP contribution in [0.2, 0.25) is 0 Å². The second kappa shape index (κ2) is 5.14. The largest absolute Gasteiger partial charge is 0.384 e. The van der Waals surface area contributed by atoms with Gasteiger partial charge in [-0.1, -0.05) is 0 Å². The molecule has 17 heavy (non-hydrogen) atoms. The van der Waals surface area contributed by atoms with Gasteiger partial charge < -0.3 is 15.5 Å².